The normalized spacial score (nSPS) is 15.6. The Morgan fingerprint density at radius 3 is 2.09 bits per heavy atom. The maximum absolute atomic E-state index is 6.50. The molecule has 0 N–H and O–H groups in total. The first kappa shape index (κ1) is 23.3. The lowest BCUT2D eigenvalue weighted by Gasteiger charge is -2.26. The topological polar surface area (TPSA) is 40.2 Å². The number of nitrogens with zero attached hydrogens (tertiary/aromatic N) is 1. The van der Waals surface area contributed by atoms with Crippen molar-refractivity contribution in [2.75, 3.05) is 40.5 Å². The molecule has 5 rings (SSSR count). The van der Waals surface area contributed by atoms with E-state index in [1.165, 1.54) is 37.9 Å². The molecule has 1 heterocycles. The standard InChI is InChI=1S/C30H33NO4/c1-32-24-8-6-22(7-9-24)29-21-23-20-27(33-2)14-15-28(23)30(29)35-26-12-10-25(11-13-26)34-19-18-31-16-4-3-5-17-31/h6-15,20H,3-5,16-19,21H2,1-2H3. The molecule has 0 atom stereocenters. The summed E-state index contributed by atoms with van der Waals surface area (Å²) in [5.74, 6) is 4.23. The molecule has 0 bridgehead atoms. The van der Waals surface area contributed by atoms with Gasteiger partial charge in [0.25, 0.3) is 0 Å². The summed E-state index contributed by atoms with van der Waals surface area (Å²) in [4.78, 5) is 2.49. The largest absolute Gasteiger partial charge is 0.497 e. The van der Waals surface area contributed by atoms with E-state index in [2.05, 4.69) is 29.2 Å². The molecule has 0 aromatic heterocycles. The molecule has 3 aromatic carbocycles. The van der Waals surface area contributed by atoms with E-state index in [0.29, 0.717) is 6.61 Å². The molecular weight excluding hydrogens is 438 g/mol. The SMILES string of the molecule is COc1ccc(C2=C(Oc3ccc(OCCN4CCCCC4)cc3)c3ccc(OC)cc3C2)cc1. The van der Waals surface area contributed by atoms with E-state index < -0.39 is 0 Å². The number of methoxy groups -OCH3 is 2. The summed E-state index contributed by atoms with van der Waals surface area (Å²) in [5, 5.41) is 0. The number of piperidine rings is 1. The second kappa shape index (κ2) is 10.9. The molecule has 0 unspecified atom stereocenters. The minimum atomic E-state index is 0.710. The molecule has 1 saturated heterocycles. The monoisotopic (exact) mass is 471 g/mol. The van der Waals surface area contributed by atoms with Gasteiger partial charge in [0.2, 0.25) is 0 Å². The first-order chi connectivity index (χ1) is 17.2. The van der Waals surface area contributed by atoms with Crippen molar-refractivity contribution in [3.8, 4) is 23.0 Å². The van der Waals surface area contributed by atoms with E-state index >= 15 is 0 Å². The minimum Gasteiger partial charge on any atom is -0.497 e. The van der Waals surface area contributed by atoms with Crippen molar-refractivity contribution >= 4 is 11.3 Å². The Morgan fingerprint density at radius 1 is 0.714 bits per heavy atom. The third-order valence-corrected chi connectivity index (χ3v) is 6.81. The molecule has 5 nitrogen and oxygen atoms in total. The molecule has 2 aliphatic rings. The fourth-order valence-electron chi connectivity index (χ4n) is 4.84. The van der Waals surface area contributed by atoms with Gasteiger partial charge in [0.05, 0.1) is 14.2 Å². The van der Waals surface area contributed by atoms with Gasteiger partial charge in [-0.2, -0.15) is 0 Å². The van der Waals surface area contributed by atoms with Crippen molar-refractivity contribution < 1.29 is 18.9 Å². The fraction of sp³-hybridized carbons (Fsp3) is 0.333. The Bertz CT molecular complexity index is 1160. The lowest BCUT2D eigenvalue weighted by Crippen LogP contribution is -2.33. The molecule has 0 radical (unpaired) electrons. The highest BCUT2D eigenvalue weighted by atomic mass is 16.5. The van der Waals surface area contributed by atoms with Crippen LogP contribution in [0.2, 0.25) is 0 Å². The molecule has 182 valence electrons. The van der Waals surface area contributed by atoms with Crippen molar-refractivity contribution in [2.45, 2.75) is 25.7 Å². The van der Waals surface area contributed by atoms with Crippen LogP contribution >= 0.6 is 0 Å². The molecule has 0 spiro atoms. The van der Waals surface area contributed by atoms with Gasteiger partial charge in [0, 0.05) is 24.1 Å². The van der Waals surface area contributed by atoms with Crippen LogP contribution in [0, 0.1) is 0 Å². The van der Waals surface area contributed by atoms with E-state index in [-0.39, 0.29) is 0 Å². The van der Waals surface area contributed by atoms with Gasteiger partial charge < -0.3 is 18.9 Å². The lowest BCUT2D eigenvalue weighted by molar-refractivity contribution is 0.183. The predicted molar refractivity (Wildman–Crippen MR) is 139 cm³/mol. The number of rotatable bonds is 9. The van der Waals surface area contributed by atoms with Gasteiger partial charge in [-0.1, -0.05) is 18.6 Å². The van der Waals surface area contributed by atoms with Gasteiger partial charge >= 0.3 is 0 Å². The maximum Gasteiger partial charge on any atom is 0.139 e. The van der Waals surface area contributed by atoms with Crippen LogP contribution in [0.25, 0.3) is 11.3 Å². The molecule has 0 saturated carbocycles. The minimum absolute atomic E-state index is 0.710. The van der Waals surface area contributed by atoms with E-state index in [0.717, 1.165) is 58.4 Å². The molecule has 1 aliphatic heterocycles. The van der Waals surface area contributed by atoms with Crippen LogP contribution in [0.15, 0.2) is 66.7 Å². The number of hydrogen-bond acceptors (Lipinski definition) is 5. The molecule has 35 heavy (non-hydrogen) atoms. The van der Waals surface area contributed by atoms with Crippen molar-refractivity contribution in [3.05, 3.63) is 83.4 Å². The first-order valence-corrected chi connectivity index (χ1v) is 12.4. The average molecular weight is 472 g/mol. The van der Waals surface area contributed by atoms with Gasteiger partial charge in [-0.3, -0.25) is 4.90 Å². The van der Waals surface area contributed by atoms with Crippen molar-refractivity contribution in [2.24, 2.45) is 0 Å². The Kier molecular flexibility index (Phi) is 7.24. The van der Waals surface area contributed by atoms with Gasteiger partial charge in [0.1, 0.15) is 35.4 Å². The summed E-state index contributed by atoms with van der Waals surface area (Å²) in [6.45, 7) is 4.07. The van der Waals surface area contributed by atoms with Crippen LogP contribution in [0.1, 0.15) is 36.0 Å². The second-order valence-electron chi connectivity index (χ2n) is 9.06. The predicted octanol–water partition coefficient (Wildman–Crippen LogP) is 6.07. The summed E-state index contributed by atoms with van der Waals surface area (Å²) in [6, 6.07) is 22.2. The number of allylic oxidation sites excluding steroid dienone is 1. The Hall–Kier alpha value is -3.44. The quantitative estimate of drug-likeness (QED) is 0.379. The van der Waals surface area contributed by atoms with Crippen LogP contribution in [-0.2, 0) is 6.42 Å². The molecule has 0 amide bonds. The highest BCUT2D eigenvalue weighted by Crippen LogP contribution is 2.41. The zero-order valence-electron chi connectivity index (χ0n) is 20.6. The van der Waals surface area contributed by atoms with E-state index in [9.17, 15) is 0 Å². The van der Waals surface area contributed by atoms with Crippen LogP contribution in [0.4, 0.5) is 0 Å². The summed E-state index contributed by atoms with van der Waals surface area (Å²) in [7, 11) is 3.38. The van der Waals surface area contributed by atoms with Crippen LogP contribution < -0.4 is 18.9 Å². The van der Waals surface area contributed by atoms with E-state index in [1.807, 2.05) is 42.5 Å². The van der Waals surface area contributed by atoms with E-state index in [4.69, 9.17) is 18.9 Å². The number of ether oxygens (including phenoxy) is 4. The molecule has 1 fully saturated rings. The number of hydrogen-bond donors (Lipinski definition) is 0. The van der Waals surface area contributed by atoms with Crippen LogP contribution in [0.3, 0.4) is 0 Å². The third-order valence-electron chi connectivity index (χ3n) is 6.81. The number of benzene rings is 3. The van der Waals surface area contributed by atoms with E-state index in [1.54, 1.807) is 14.2 Å². The molecular formula is C30H33NO4. The highest BCUT2D eigenvalue weighted by Gasteiger charge is 2.25. The van der Waals surface area contributed by atoms with Gasteiger partial charge in [-0.25, -0.2) is 0 Å². The molecule has 3 aromatic rings. The average Bonchev–Trinajstić information content (AvgIpc) is 3.27. The van der Waals surface area contributed by atoms with Crippen molar-refractivity contribution in [3.63, 3.8) is 0 Å². The lowest BCUT2D eigenvalue weighted by atomic mass is 10.0. The summed E-state index contributed by atoms with van der Waals surface area (Å²) >= 11 is 0. The summed E-state index contributed by atoms with van der Waals surface area (Å²) in [6.07, 6.45) is 4.74. The van der Waals surface area contributed by atoms with Crippen LogP contribution in [0.5, 0.6) is 23.0 Å². The third kappa shape index (κ3) is 5.46. The Balaban J connectivity index is 1.32. The van der Waals surface area contributed by atoms with Gasteiger partial charge in [0.15, 0.2) is 0 Å². The van der Waals surface area contributed by atoms with Crippen molar-refractivity contribution in [1.29, 1.82) is 0 Å². The summed E-state index contributed by atoms with van der Waals surface area (Å²) in [5.41, 5.74) is 4.56. The smallest absolute Gasteiger partial charge is 0.139 e. The first-order valence-electron chi connectivity index (χ1n) is 12.4. The van der Waals surface area contributed by atoms with Crippen LogP contribution in [-0.4, -0.2) is 45.4 Å². The molecule has 5 heteroatoms. The van der Waals surface area contributed by atoms with Gasteiger partial charge in [-0.05, 0) is 91.7 Å². The number of likely N-dealkylation sites (tertiary alicyclic amines) is 1. The zero-order chi connectivity index (χ0) is 24.0. The fourth-order valence-corrected chi connectivity index (χ4v) is 4.84. The summed E-state index contributed by atoms with van der Waals surface area (Å²) < 4.78 is 23.3. The molecule has 1 aliphatic carbocycles. The number of fused-ring (bicyclic) bond motifs is 1. The Labute approximate surface area is 207 Å². The Morgan fingerprint density at radius 2 is 1.37 bits per heavy atom. The highest BCUT2D eigenvalue weighted by molar-refractivity contribution is 5.95. The van der Waals surface area contributed by atoms with Gasteiger partial charge in [-0.15, -0.1) is 0 Å². The zero-order valence-corrected chi connectivity index (χ0v) is 20.6. The second-order valence-corrected chi connectivity index (χ2v) is 9.06. The van der Waals surface area contributed by atoms with Crippen molar-refractivity contribution in [1.82, 2.24) is 4.90 Å². The maximum atomic E-state index is 6.50.